The monoisotopic (exact) mass is 421 g/mol. The summed E-state index contributed by atoms with van der Waals surface area (Å²) in [6.07, 6.45) is -0.740. The Balaban J connectivity index is 2.02. The van der Waals surface area contributed by atoms with Crippen molar-refractivity contribution in [3.63, 3.8) is 0 Å². The van der Waals surface area contributed by atoms with Crippen LogP contribution in [0.25, 0.3) is 0 Å². The number of nitrogens with zero attached hydrogens (tertiary/aromatic N) is 2. The highest BCUT2D eigenvalue weighted by molar-refractivity contribution is 5.89. The van der Waals surface area contributed by atoms with E-state index in [1.165, 1.54) is 19.1 Å². The van der Waals surface area contributed by atoms with Gasteiger partial charge in [-0.2, -0.15) is 0 Å². The molecule has 0 radical (unpaired) electrons. The lowest BCUT2D eigenvalue weighted by atomic mass is 9.86. The van der Waals surface area contributed by atoms with Crippen LogP contribution in [0.4, 0.5) is 9.59 Å². The number of likely N-dealkylation sites (N-methyl/N-ethyl adjacent to an activating group) is 1. The Morgan fingerprint density at radius 1 is 1.13 bits per heavy atom. The topological polar surface area (TPSA) is 97.4 Å². The third-order valence-corrected chi connectivity index (χ3v) is 4.79. The first-order chi connectivity index (χ1) is 14.1. The maximum Gasteiger partial charge on any atom is 0.410 e. The number of carbonyl (C=O) groups excluding carboxylic acids is 3. The van der Waals surface area contributed by atoms with Crippen LogP contribution in [-0.4, -0.2) is 66.4 Å². The molecule has 0 saturated carbocycles. The summed E-state index contributed by atoms with van der Waals surface area (Å²) in [5.41, 5.74) is -1.05. The largest absolute Gasteiger partial charge is 0.445 e. The summed E-state index contributed by atoms with van der Waals surface area (Å²) in [5.74, 6) is -0.409. The summed E-state index contributed by atoms with van der Waals surface area (Å²) in [4.78, 5) is 44.3. The molecule has 2 rings (SSSR count). The first-order valence-corrected chi connectivity index (χ1v) is 9.85. The molecule has 1 aliphatic heterocycles. The van der Waals surface area contributed by atoms with Gasteiger partial charge in [0.25, 0.3) is 5.91 Å². The molecule has 3 amide bonds. The van der Waals surface area contributed by atoms with Crippen molar-refractivity contribution in [3.8, 4) is 0 Å². The van der Waals surface area contributed by atoms with E-state index in [1.807, 2.05) is 30.3 Å². The van der Waals surface area contributed by atoms with Crippen LogP contribution in [0.1, 0.15) is 39.2 Å². The Bertz CT molecular complexity index is 739. The van der Waals surface area contributed by atoms with E-state index in [0.29, 0.717) is 0 Å². The van der Waals surface area contributed by atoms with Crippen LogP contribution < -0.4 is 5.32 Å². The number of ether oxygens (including phenoxy) is 2. The van der Waals surface area contributed by atoms with Crippen molar-refractivity contribution in [1.29, 1.82) is 0 Å². The lowest BCUT2D eigenvalue weighted by molar-refractivity contribution is -0.178. The van der Waals surface area contributed by atoms with Crippen LogP contribution in [0, 0.1) is 0 Å². The highest BCUT2D eigenvalue weighted by Crippen LogP contribution is 2.26. The molecular weight excluding hydrogens is 390 g/mol. The van der Waals surface area contributed by atoms with Crippen molar-refractivity contribution >= 4 is 18.1 Å². The second-order valence-electron chi connectivity index (χ2n) is 8.22. The molecule has 1 aliphatic rings. The van der Waals surface area contributed by atoms with E-state index in [4.69, 9.17) is 14.3 Å². The quantitative estimate of drug-likeness (QED) is 0.734. The number of nitrogens with one attached hydrogen (secondary N) is 1. The summed E-state index contributed by atoms with van der Waals surface area (Å²) in [6, 6.07) is 9.38. The van der Waals surface area contributed by atoms with Gasteiger partial charge in [0, 0.05) is 20.1 Å². The van der Waals surface area contributed by atoms with Gasteiger partial charge in [-0.15, -0.1) is 0 Å². The number of piperidine rings is 1. The highest BCUT2D eigenvalue weighted by Gasteiger charge is 2.46. The first kappa shape index (κ1) is 23.5. The van der Waals surface area contributed by atoms with Crippen molar-refractivity contribution in [2.24, 2.45) is 0 Å². The van der Waals surface area contributed by atoms with E-state index >= 15 is 0 Å². The van der Waals surface area contributed by atoms with E-state index in [2.05, 4.69) is 5.32 Å². The maximum atomic E-state index is 12.9. The fourth-order valence-corrected chi connectivity index (χ4v) is 3.16. The van der Waals surface area contributed by atoms with Crippen LogP contribution in [-0.2, 0) is 25.7 Å². The number of alkyl carbamates (subject to hydrolysis) is 1. The summed E-state index contributed by atoms with van der Waals surface area (Å²) in [5, 5.41) is 3.78. The molecule has 30 heavy (non-hydrogen) atoms. The smallest absolute Gasteiger partial charge is 0.410 e. The fraction of sp³-hybridized carbons (Fsp3) is 0.571. The van der Waals surface area contributed by atoms with Crippen LogP contribution >= 0.6 is 0 Å². The average molecular weight is 421 g/mol. The lowest BCUT2D eigenvalue weighted by Crippen LogP contribution is -2.64. The molecule has 0 aliphatic carbocycles. The van der Waals surface area contributed by atoms with Crippen molar-refractivity contribution in [2.75, 3.05) is 27.2 Å². The molecule has 0 atom stereocenters. The summed E-state index contributed by atoms with van der Waals surface area (Å²) >= 11 is 0. The zero-order chi connectivity index (χ0) is 22.4. The van der Waals surface area contributed by atoms with Gasteiger partial charge in [0.1, 0.15) is 17.7 Å². The molecule has 0 unspecified atom stereocenters. The standard InChI is InChI=1S/C21H31N3O6/c1-20(2,3)30-18(26)22-21(17(25)23(4)28-5)11-13-24(14-12-21)19(27)29-15-16-9-7-6-8-10-16/h6-10H,11-15H2,1-5H3,(H,22,26). The van der Waals surface area contributed by atoms with Crippen LogP contribution in [0.3, 0.4) is 0 Å². The number of amides is 3. The third kappa shape index (κ3) is 6.35. The third-order valence-electron chi connectivity index (χ3n) is 4.79. The Morgan fingerprint density at radius 2 is 1.73 bits per heavy atom. The van der Waals surface area contributed by atoms with Gasteiger partial charge in [0.05, 0.1) is 7.11 Å². The minimum absolute atomic E-state index is 0.169. The fourth-order valence-electron chi connectivity index (χ4n) is 3.16. The molecule has 0 bridgehead atoms. The lowest BCUT2D eigenvalue weighted by Gasteiger charge is -2.41. The van der Waals surface area contributed by atoms with E-state index < -0.39 is 29.2 Å². The zero-order valence-corrected chi connectivity index (χ0v) is 18.3. The van der Waals surface area contributed by atoms with Gasteiger partial charge < -0.3 is 19.7 Å². The predicted octanol–water partition coefficient (Wildman–Crippen LogP) is 2.70. The van der Waals surface area contributed by atoms with Gasteiger partial charge in [0.15, 0.2) is 0 Å². The number of hydrogen-bond donors (Lipinski definition) is 1. The Kier molecular flexibility index (Phi) is 7.66. The Hall–Kier alpha value is -2.81. The number of carbonyl (C=O) groups is 3. The van der Waals surface area contributed by atoms with Gasteiger partial charge >= 0.3 is 12.2 Å². The summed E-state index contributed by atoms with van der Waals surface area (Å²) in [7, 11) is 2.84. The highest BCUT2D eigenvalue weighted by atomic mass is 16.7. The second-order valence-corrected chi connectivity index (χ2v) is 8.22. The van der Waals surface area contributed by atoms with Crippen LogP contribution in [0.15, 0.2) is 30.3 Å². The molecule has 1 aromatic carbocycles. The van der Waals surface area contributed by atoms with E-state index in [1.54, 1.807) is 20.8 Å². The molecule has 9 nitrogen and oxygen atoms in total. The Labute approximate surface area is 177 Å². The number of hydrogen-bond acceptors (Lipinski definition) is 6. The number of rotatable bonds is 5. The predicted molar refractivity (Wildman–Crippen MR) is 109 cm³/mol. The molecule has 166 valence electrons. The maximum absolute atomic E-state index is 12.9. The minimum atomic E-state index is -1.23. The van der Waals surface area contributed by atoms with E-state index in [9.17, 15) is 14.4 Å². The normalized spacial score (nSPS) is 15.8. The summed E-state index contributed by atoms with van der Waals surface area (Å²) in [6.45, 7) is 5.89. The van der Waals surface area contributed by atoms with Crippen LogP contribution in [0.5, 0.6) is 0 Å². The van der Waals surface area contributed by atoms with Gasteiger partial charge in [-0.25, -0.2) is 14.7 Å². The van der Waals surface area contributed by atoms with Crippen LogP contribution in [0.2, 0.25) is 0 Å². The summed E-state index contributed by atoms with van der Waals surface area (Å²) < 4.78 is 10.7. The number of hydroxylamine groups is 2. The van der Waals surface area contributed by atoms with E-state index in [0.717, 1.165) is 10.6 Å². The number of benzene rings is 1. The number of likely N-dealkylation sites (tertiary alicyclic amines) is 1. The van der Waals surface area contributed by atoms with Crippen molar-refractivity contribution in [2.45, 2.75) is 51.4 Å². The average Bonchev–Trinajstić information content (AvgIpc) is 2.70. The van der Waals surface area contributed by atoms with E-state index in [-0.39, 0.29) is 32.5 Å². The molecule has 1 fully saturated rings. The molecule has 1 N–H and O–H groups in total. The van der Waals surface area contributed by atoms with Gasteiger partial charge in [0.2, 0.25) is 0 Å². The SMILES string of the molecule is CON(C)C(=O)C1(NC(=O)OC(C)(C)C)CCN(C(=O)OCc2ccccc2)CC1. The van der Waals surface area contributed by atoms with Gasteiger partial charge in [-0.3, -0.25) is 9.63 Å². The molecule has 1 saturated heterocycles. The molecule has 1 heterocycles. The molecule has 0 aromatic heterocycles. The second kappa shape index (κ2) is 9.80. The zero-order valence-electron chi connectivity index (χ0n) is 18.3. The van der Waals surface area contributed by atoms with Crippen molar-refractivity contribution in [1.82, 2.24) is 15.3 Å². The molecular formula is C21H31N3O6. The molecule has 0 spiro atoms. The van der Waals surface area contributed by atoms with Gasteiger partial charge in [-0.1, -0.05) is 30.3 Å². The Morgan fingerprint density at radius 3 is 2.27 bits per heavy atom. The molecule has 1 aromatic rings. The molecule has 9 heteroatoms. The van der Waals surface area contributed by atoms with Crippen molar-refractivity contribution in [3.05, 3.63) is 35.9 Å². The van der Waals surface area contributed by atoms with Gasteiger partial charge in [-0.05, 0) is 39.2 Å². The first-order valence-electron chi connectivity index (χ1n) is 9.85. The minimum Gasteiger partial charge on any atom is -0.445 e. The van der Waals surface area contributed by atoms with Crippen molar-refractivity contribution < 1.29 is 28.7 Å².